The number of hydrogen-bond acceptors (Lipinski definition) is 2. The second-order valence-electron chi connectivity index (χ2n) is 5.74. The summed E-state index contributed by atoms with van der Waals surface area (Å²) in [4.78, 5) is 14.1. The highest BCUT2D eigenvalue weighted by molar-refractivity contribution is 8.01. The van der Waals surface area contributed by atoms with Crippen LogP contribution in [0.15, 0.2) is 24.3 Å². The molecule has 1 amide bonds. The lowest BCUT2D eigenvalue weighted by Gasteiger charge is -2.29. The Morgan fingerprint density at radius 1 is 1.28 bits per heavy atom. The maximum absolute atomic E-state index is 12.2. The van der Waals surface area contributed by atoms with Crippen LogP contribution in [0.2, 0.25) is 0 Å². The van der Waals surface area contributed by atoms with Crippen LogP contribution in [0.1, 0.15) is 31.9 Å². The molecule has 0 aliphatic carbocycles. The number of carbonyl (C=O) groups excluding carboxylic acids is 1. The molecule has 0 bridgehead atoms. The number of hydrogen-bond donors (Lipinski definition) is 0. The number of carbonyl (C=O) groups is 1. The van der Waals surface area contributed by atoms with E-state index in [-0.39, 0.29) is 10.7 Å². The van der Waals surface area contributed by atoms with Crippen molar-refractivity contribution in [1.82, 2.24) is 4.90 Å². The van der Waals surface area contributed by atoms with Crippen molar-refractivity contribution in [1.29, 1.82) is 0 Å². The molecule has 1 heterocycles. The van der Waals surface area contributed by atoms with E-state index < -0.39 is 0 Å². The van der Waals surface area contributed by atoms with Gasteiger partial charge in [0.05, 0.1) is 5.75 Å². The van der Waals surface area contributed by atoms with Gasteiger partial charge in [0.1, 0.15) is 0 Å². The van der Waals surface area contributed by atoms with Crippen LogP contribution in [0.3, 0.4) is 0 Å². The van der Waals surface area contributed by atoms with Crippen molar-refractivity contribution in [3.8, 4) is 0 Å². The molecule has 1 aliphatic heterocycles. The Morgan fingerprint density at radius 3 is 2.61 bits per heavy atom. The molecule has 2 rings (SSSR count). The third-order valence-electron chi connectivity index (χ3n) is 3.11. The summed E-state index contributed by atoms with van der Waals surface area (Å²) in [6, 6.07) is 8.43. The molecule has 0 saturated carbocycles. The molecule has 1 aromatic carbocycles. The van der Waals surface area contributed by atoms with Crippen LogP contribution in [-0.2, 0) is 17.8 Å². The molecule has 0 radical (unpaired) electrons. The molecular formula is C15H21NOS. The Morgan fingerprint density at radius 2 is 1.94 bits per heavy atom. The van der Waals surface area contributed by atoms with Gasteiger partial charge in [-0.25, -0.2) is 0 Å². The first-order valence-corrected chi connectivity index (χ1v) is 7.43. The molecule has 0 N–H and O–H groups in total. The maximum atomic E-state index is 12.2. The predicted octanol–water partition coefficient (Wildman–Crippen LogP) is 3.10. The van der Waals surface area contributed by atoms with E-state index in [1.165, 1.54) is 11.1 Å². The highest BCUT2D eigenvalue weighted by Crippen LogP contribution is 2.25. The van der Waals surface area contributed by atoms with Crippen molar-refractivity contribution in [2.75, 3.05) is 12.3 Å². The summed E-state index contributed by atoms with van der Waals surface area (Å²) >= 11 is 1.73. The Balaban J connectivity index is 1.95. The first-order valence-electron chi connectivity index (χ1n) is 6.44. The lowest BCUT2D eigenvalue weighted by Crippen LogP contribution is -2.37. The van der Waals surface area contributed by atoms with Gasteiger partial charge in [0.15, 0.2) is 0 Å². The first-order chi connectivity index (χ1) is 8.46. The summed E-state index contributed by atoms with van der Waals surface area (Å²) < 4.78 is 0.156. The fourth-order valence-corrected chi connectivity index (χ4v) is 2.82. The lowest BCUT2D eigenvalue weighted by atomic mass is 10.00. The third kappa shape index (κ3) is 3.52. The van der Waals surface area contributed by atoms with Crippen molar-refractivity contribution in [2.24, 2.45) is 0 Å². The molecule has 98 valence electrons. The zero-order valence-electron chi connectivity index (χ0n) is 11.4. The van der Waals surface area contributed by atoms with Gasteiger partial charge in [-0.05, 0) is 17.5 Å². The van der Waals surface area contributed by atoms with E-state index in [0.29, 0.717) is 5.75 Å². The molecule has 18 heavy (non-hydrogen) atoms. The monoisotopic (exact) mass is 263 g/mol. The Bertz CT molecular complexity index is 436. The van der Waals surface area contributed by atoms with Crippen LogP contribution < -0.4 is 0 Å². The smallest absolute Gasteiger partial charge is 0.232 e. The van der Waals surface area contributed by atoms with Gasteiger partial charge in [0, 0.05) is 17.8 Å². The molecule has 0 saturated heterocycles. The number of nitrogens with zero attached hydrogens (tertiary/aromatic N) is 1. The SMILES string of the molecule is CC(C)(C)SCC(=O)N1CCc2ccccc2C1. The zero-order chi connectivity index (χ0) is 13.2. The van der Waals surface area contributed by atoms with Gasteiger partial charge in [0.25, 0.3) is 0 Å². The molecule has 0 aromatic heterocycles. The molecule has 0 fully saturated rings. The van der Waals surface area contributed by atoms with Crippen molar-refractivity contribution >= 4 is 17.7 Å². The van der Waals surface area contributed by atoms with Crippen molar-refractivity contribution < 1.29 is 4.79 Å². The minimum Gasteiger partial charge on any atom is -0.337 e. The normalized spacial score (nSPS) is 15.4. The van der Waals surface area contributed by atoms with E-state index in [1.807, 2.05) is 4.90 Å². The number of rotatable bonds is 2. The largest absolute Gasteiger partial charge is 0.337 e. The van der Waals surface area contributed by atoms with E-state index in [4.69, 9.17) is 0 Å². The Kier molecular flexibility index (Phi) is 4.00. The third-order valence-corrected chi connectivity index (χ3v) is 4.37. The van der Waals surface area contributed by atoms with Crippen LogP contribution in [0.5, 0.6) is 0 Å². The highest BCUT2D eigenvalue weighted by Gasteiger charge is 2.22. The topological polar surface area (TPSA) is 20.3 Å². The second-order valence-corrected chi connectivity index (χ2v) is 7.54. The predicted molar refractivity (Wildman–Crippen MR) is 77.8 cm³/mol. The van der Waals surface area contributed by atoms with E-state index in [2.05, 4.69) is 45.0 Å². The molecule has 0 atom stereocenters. The summed E-state index contributed by atoms with van der Waals surface area (Å²) in [6.07, 6.45) is 0.988. The summed E-state index contributed by atoms with van der Waals surface area (Å²) in [7, 11) is 0. The summed E-state index contributed by atoms with van der Waals surface area (Å²) in [6.45, 7) is 8.09. The first kappa shape index (κ1) is 13.5. The number of amides is 1. The molecule has 3 heteroatoms. The lowest BCUT2D eigenvalue weighted by molar-refractivity contribution is -0.129. The average molecular weight is 263 g/mol. The fourth-order valence-electron chi connectivity index (χ4n) is 2.08. The quantitative estimate of drug-likeness (QED) is 0.817. The van der Waals surface area contributed by atoms with E-state index in [0.717, 1.165) is 19.5 Å². The van der Waals surface area contributed by atoms with Crippen LogP contribution in [0.25, 0.3) is 0 Å². The average Bonchev–Trinajstić information content (AvgIpc) is 2.34. The molecular weight excluding hydrogens is 242 g/mol. The van der Waals surface area contributed by atoms with Crippen molar-refractivity contribution in [3.05, 3.63) is 35.4 Å². The zero-order valence-corrected chi connectivity index (χ0v) is 12.2. The van der Waals surface area contributed by atoms with Gasteiger partial charge in [-0.1, -0.05) is 45.0 Å². The van der Waals surface area contributed by atoms with Gasteiger partial charge in [-0.3, -0.25) is 4.79 Å². The Labute approximate surface area is 114 Å². The summed E-state index contributed by atoms with van der Waals surface area (Å²) in [5.41, 5.74) is 2.70. The number of fused-ring (bicyclic) bond motifs is 1. The van der Waals surface area contributed by atoms with E-state index >= 15 is 0 Å². The van der Waals surface area contributed by atoms with E-state index in [9.17, 15) is 4.79 Å². The number of benzene rings is 1. The van der Waals surface area contributed by atoms with Gasteiger partial charge < -0.3 is 4.90 Å². The minimum absolute atomic E-state index is 0.156. The van der Waals surface area contributed by atoms with Gasteiger partial charge in [-0.15, -0.1) is 11.8 Å². The summed E-state index contributed by atoms with van der Waals surface area (Å²) in [5.74, 6) is 0.857. The van der Waals surface area contributed by atoms with Crippen molar-refractivity contribution in [3.63, 3.8) is 0 Å². The summed E-state index contributed by atoms with van der Waals surface area (Å²) in [5, 5.41) is 0. The van der Waals surface area contributed by atoms with Gasteiger partial charge in [0.2, 0.25) is 5.91 Å². The van der Waals surface area contributed by atoms with Crippen LogP contribution in [0, 0.1) is 0 Å². The van der Waals surface area contributed by atoms with Crippen LogP contribution in [0.4, 0.5) is 0 Å². The maximum Gasteiger partial charge on any atom is 0.232 e. The number of thioether (sulfide) groups is 1. The fraction of sp³-hybridized carbons (Fsp3) is 0.533. The molecule has 0 unspecified atom stereocenters. The minimum atomic E-state index is 0.156. The van der Waals surface area contributed by atoms with Gasteiger partial charge >= 0.3 is 0 Å². The van der Waals surface area contributed by atoms with E-state index in [1.54, 1.807) is 11.8 Å². The second kappa shape index (κ2) is 5.35. The molecule has 2 nitrogen and oxygen atoms in total. The van der Waals surface area contributed by atoms with Crippen LogP contribution in [-0.4, -0.2) is 27.9 Å². The molecule has 0 spiro atoms. The molecule has 1 aliphatic rings. The van der Waals surface area contributed by atoms with Crippen LogP contribution >= 0.6 is 11.8 Å². The Hall–Kier alpha value is -0.960. The standard InChI is InChI=1S/C15H21NOS/c1-15(2,3)18-11-14(17)16-9-8-12-6-4-5-7-13(12)10-16/h4-7H,8-11H2,1-3H3. The highest BCUT2D eigenvalue weighted by atomic mass is 32.2. The van der Waals surface area contributed by atoms with Crippen molar-refractivity contribution in [2.45, 2.75) is 38.5 Å². The van der Waals surface area contributed by atoms with Gasteiger partial charge in [-0.2, -0.15) is 0 Å². The molecule has 1 aromatic rings.